The number of ether oxygens (including phenoxy) is 4. The molecule has 0 aromatic carbocycles. The number of hydrogen-bond acceptors (Lipinski definition) is 5. The largest absolute Gasteiger partial charge is 0.450 e. The summed E-state index contributed by atoms with van der Waals surface area (Å²) in [4.78, 5) is 13.5. The van der Waals surface area contributed by atoms with E-state index in [1.54, 1.807) is 11.8 Å². The zero-order valence-corrected chi connectivity index (χ0v) is 13.0. The summed E-state index contributed by atoms with van der Waals surface area (Å²) in [7, 11) is 0. The molecule has 0 aromatic heterocycles. The van der Waals surface area contributed by atoms with Crippen LogP contribution in [0.4, 0.5) is 4.79 Å². The number of carbonyl (C=O) groups is 1. The molecule has 1 aliphatic rings. The molecule has 0 aliphatic carbocycles. The van der Waals surface area contributed by atoms with Crippen LogP contribution < -0.4 is 0 Å². The van der Waals surface area contributed by atoms with E-state index in [1.165, 1.54) is 0 Å². The summed E-state index contributed by atoms with van der Waals surface area (Å²) in [5.41, 5.74) is 0. The van der Waals surface area contributed by atoms with Crippen LogP contribution in [0, 0.1) is 0 Å². The molecule has 1 amide bonds. The van der Waals surface area contributed by atoms with Gasteiger partial charge in [-0.15, -0.1) is 0 Å². The molecule has 1 rings (SSSR count). The highest BCUT2D eigenvalue weighted by atomic mass is 16.7. The molecule has 0 spiro atoms. The maximum atomic E-state index is 11.8. The molecular formula is C14H27NO5. The molecule has 6 nitrogen and oxygen atoms in total. The molecule has 1 atom stereocenters. The van der Waals surface area contributed by atoms with E-state index in [4.69, 9.17) is 18.9 Å². The van der Waals surface area contributed by atoms with Crippen molar-refractivity contribution in [2.75, 3.05) is 39.5 Å². The highest BCUT2D eigenvalue weighted by Crippen LogP contribution is 2.31. The van der Waals surface area contributed by atoms with Gasteiger partial charge in [0.1, 0.15) is 6.10 Å². The first-order valence-corrected chi connectivity index (χ1v) is 7.44. The Bertz CT molecular complexity index is 291. The van der Waals surface area contributed by atoms with Crippen molar-refractivity contribution in [1.29, 1.82) is 0 Å². The minimum Gasteiger partial charge on any atom is -0.450 e. The quantitative estimate of drug-likeness (QED) is 0.671. The first-order chi connectivity index (χ1) is 9.63. The highest BCUT2D eigenvalue weighted by molar-refractivity contribution is 5.67. The molecule has 1 aliphatic heterocycles. The summed E-state index contributed by atoms with van der Waals surface area (Å²) in [5, 5.41) is 0. The van der Waals surface area contributed by atoms with Gasteiger partial charge in [0.05, 0.1) is 13.2 Å². The van der Waals surface area contributed by atoms with Crippen LogP contribution in [-0.4, -0.2) is 62.4 Å². The van der Waals surface area contributed by atoms with E-state index in [-0.39, 0.29) is 12.2 Å². The lowest BCUT2D eigenvalue weighted by Gasteiger charge is -2.45. The molecule has 1 fully saturated rings. The van der Waals surface area contributed by atoms with E-state index in [0.29, 0.717) is 45.9 Å². The van der Waals surface area contributed by atoms with Crippen LogP contribution in [0.15, 0.2) is 0 Å². The maximum Gasteiger partial charge on any atom is 0.409 e. The number of carbonyl (C=O) groups excluding carboxylic acids is 1. The summed E-state index contributed by atoms with van der Waals surface area (Å²) < 4.78 is 22.5. The molecule has 1 saturated heterocycles. The fourth-order valence-electron chi connectivity index (χ4n) is 2.50. The normalized spacial score (nSPS) is 21.8. The van der Waals surface area contributed by atoms with E-state index in [0.717, 1.165) is 0 Å². The van der Waals surface area contributed by atoms with Crippen molar-refractivity contribution in [3.05, 3.63) is 0 Å². The molecule has 118 valence electrons. The Morgan fingerprint density at radius 2 is 1.75 bits per heavy atom. The fourth-order valence-corrected chi connectivity index (χ4v) is 2.50. The predicted octanol–water partition coefficient (Wildman–Crippen LogP) is 2.02. The Morgan fingerprint density at radius 3 is 2.25 bits per heavy atom. The van der Waals surface area contributed by atoms with Gasteiger partial charge in [-0.05, 0) is 27.7 Å². The van der Waals surface area contributed by atoms with Gasteiger partial charge in [-0.2, -0.15) is 0 Å². The Kier molecular flexibility index (Phi) is 7.26. The van der Waals surface area contributed by atoms with Gasteiger partial charge in [-0.25, -0.2) is 4.79 Å². The molecule has 1 unspecified atom stereocenters. The van der Waals surface area contributed by atoms with E-state index in [1.807, 2.05) is 20.8 Å². The van der Waals surface area contributed by atoms with Crippen molar-refractivity contribution in [2.45, 2.75) is 46.0 Å². The average molecular weight is 289 g/mol. The van der Waals surface area contributed by atoms with Gasteiger partial charge in [0, 0.05) is 32.8 Å². The van der Waals surface area contributed by atoms with Gasteiger partial charge in [-0.3, -0.25) is 0 Å². The third-order valence-electron chi connectivity index (χ3n) is 3.28. The van der Waals surface area contributed by atoms with Crippen LogP contribution in [0.5, 0.6) is 0 Å². The number of piperidine rings is 1. The minimum absolute atomic E-state index is 0.300. The Balaban J connectivity index is 2.80. The molecule has 0 aromatic rings. The van der Waals surface area contributed by atoms with Crippen molar-refractivity contribution < 1.29 is 23.7 Å². The molecule has 6 heteroatoms. The summed E-state index contributed by atoms with van der Waals surface area (Å²) in [6, 6.07) is 0. The third-order valence-corrected chi connectivity index (χ3v) is 3.28. The van der Waals surface area contributed by atoms with Crippen LogP contribution in [0.1, 0.15) is 34.1 Å². The zero-order valence-electron chi connectivity index (χ0n) is 13.0. The molecular weight excluding hydrogens is 262 g/mol. The monoisotopic (exact) mass is 289 g/mol. The van der Waals surface area contributed by atoms with E-state index >= 15 is 0 Å². The van der Waals surface area contributed by atoms with Crippen LogP contribution in [0.3, 0.4) is 0 Å². The van der Waals surface area contributed by atoms with Gasteiger partial charge in [0.2, 0.25) is 0 Å². The fraction of sp³-hybridized carbons (Fsp3) is 0.929. The zero-order chi connectivity index (χ0) is 15.0. The van der Waals surface area contributed by atoms with Gasteiger partial charge in [0.15, 0.2) is 5.79 Å². The van der Waals surface area contributed by atoms with Crippen LogP contribution in [0.25, 0.3) is 0 Å². The number of amides is 1. The SMILES string of the molecule is CCOC(=O)N1CCC(OCC)(OCC)C(OCC)C1. The Morgan fingerprint density at radius 1 is 1.10 bits per heavy atom. The lowest BCUT2D eigenvalue weighted by atomic mass is 10.00. The van der Waals surface area contributed by atoms with Gasteiger partial charge < -0.3 is 23.8 Å². The summed E-state index contributed by atoms with van der Waals surface area (Å²) in [6.07, 6.45) is -0.0256. The highest BCUT2D eigenvalue weighted by Gasteiger charge is 2.47. The van der Waals surface area contributed by atoms with Crippen molar-refractivity contribution in [1.82, 2.24) is 4.90 Å². The molecule has 0 N–H and O–H groups in total. The summed E-state index contributed by atoms with van der Waals surface area (Å²) in [5.74, 6) is -0.761. The molecule has 0 radical (unpaired) electrons. The van der Waals surface area contributed by atoms with E-state index in [9.17, 15) is 4.79 Å². The van der Waals surface area contributed by atoms with Crippen molar-refractivity contribution in [3.63, 3.8) is 0 Å². The van der Waals surface area contributed by atoms with Crippen molar-refractivity contribution >= 4 is 6.09 Å². The lowest BCUT2D eigenvalue weighted by molar-refractivity contribution is -0.304. The van der Waals surface area contributed by atoms with Crippen LogP contribution in [0.2, 0.25) is 0 Å². The van der Waals surface area contributed by atoms with Crippen molar-refractivity contribution in [3.8, 4) is 0 Å². The van der Waals surface area contributed by atoms with Gasteiger partial charge >= 0.3 is 6.09 Å². The molecule has 0 saturated carbocycles. The number of hydrogen-bond donors (Lipinski definition) is 0. The van der Waals surface area contributed by atoms with Crippen LogP contribution in [-0.2, 0) is 18.9 Å². The maximum absolute atomic E-state index is 11.8. The molecule has 20 heavy (non-hydrogen) atoms. The Labute approximate surface area is 121 Å². The molecule has 1 heterocycles. The first kappa shape index (κ1) is 17.2. The second-order valence-corrected chi connectivity index (χ2v) is 4.52. The molecule has 0 bridgehead atoms. The first-order valence-electron chi connectivity index (χ1n) is 7.44. The second-order valence-electron chi connectivity index (χ2n) is 4.52. The lowest BCUT2D eigenvalue weighted by Crippen LogP contribution is -2.60. The number of nitrogens with zero attached hydrogens (tertiary/aromatic N) is 1. The number of likely N-dealkylation sites (tertiary alicyclic amines) is 1. The topological polar surface area (TPSA) is 57.2 Å². The predicted molar refractivity (Wildman–Crippen MR) is 74.6 cm³/mol. The van der Waals surface area contributed by atoms with Gasteiger partial charge in [0.25, 0.3) is 0 Å². The summed E-state index contributed by atoms with van der Waals surface area (Å²) >= 11 is 0. The minimum atomic E-state index is -0.761. The number of rotatable bonds is 7. The van der Waals surface area contributed by atoms with E-state index < -0.39 is 5.79 Å². The smallest absolute Gasteiger partial charge is 0.409 e. The standard InChI is InChI=1S/C14H27NO5/c1-5-17-12-11-15(13(16)18-6-2)10-9-14(12,19-7-3)20-8-4/h12H,5-11H2,1-4H3. The average Bonchev–Trinajstić information content (AvgIpc) is 2.42. The van der Waals surface area contributed by atoms with Crippen molar-refractivity contribution in [2.24, 2.45) is 0 Å². The Hall–Kier alpha value is -0.850. The van der Waals surface area contributed by atoms with E-state index in [2.05, 4.69) is 0 Å². The third kappa shape index (κ3) is 4.07. The summed E-state index contributed by atoms with van der Waals surface area (Å²) in [6.45, 7) is 10.6. The van der Waals surface area contributed by atoms with Crippen LogP contribution >= 0.6 is 0 Å². The second kappa shape index (κ2) is 8.44. The van der Waals surface area contributed by atoms with Gasteiger partial charge in [-0.1, -0.05) is 0 Å².